The van der Waals surface area contributed by atoms with Crippen molar-refractivity contribution < 1.29 is 0 Å². The summed E-state index contributed by atoms with van der Waals surface area (Å²) >= 11 is 0. The average molecular weight is 218 g/mol. The summed E-state index contributed by atoms with van der Waals surface area (Å²) in [6.45, 7) is 4.41. The van der Waals surface area contributed by atoms with E-state index in [2.05, 4.69) is 35.2 Å². The Hall–Kier alpha value is -0.860. The van der Waals surface area contributed by atoms with Gasteiger partial charge in [0, 0.05) is 13.1 Å². The first kappa shape index (κ1) is 11.6. The maximum atomic E-state index is 5.64. The Labute approximate surface area is 98.4 Å². The SMILES string of the molecule is NCC[C@@H]1CCCN(Cc2ccccc2)C1. The molecule has 0 amide bonds. The van der Waals surface area contributed by atoms with Crippen LogP contribution in [-0.2, 0) is 6.54 Å². The van der Waals surface area contributed by atoms with Crippen LogP contribution >= 0.6 is 0 Å². The third-order valence-corrected chi connectivity index (χ3v) is 3.43. The molecule has 16 heavy (non-hydrogen) atoms. The fraction of sp³-hybridized carbons (Fsp3) is 0.571. The molecule has 88 valence electrons. The van der Waals surface area contributed by atoms with Gasteiger partial charge in [0.25, 0.3) is 0 Å². The molecule has 0 radical (unpaired) electrons. The molecule has 2 heteroatoms. The predicted molar refractivity (Wildman–Crippen MR) is 68.1 cm³/mol. The van der Waals surface area contributed by atoms with E-state index in [1.807, 2.05) is 0 Å². The maximum absolute atomic E-state index is 5.64. The third kappa shape index (κ3) is 3.32. The van der Waals surface area contributed by atoms with E-state index >= 15 is 0 Å². The molecule has 1 aliphatic rings. The first-order chi connectivity index (χ1) is 7.88. The van der Waals surface area contributed by atoms with Crippen molar-refractivity contribution in [1.29, 1.82) is 0 Å². The van der Waals surface area contributed by atoms with Gasteiger partial charge < -0.3 is 5.73 Å². The first-order valence-corrected chi connectivity index (χ1v) is 6.35. The van der Waals surface area contributed by atoms with E-state index in [0.717, 1.165) is 19.0 Å². The van der Waals surface area contributed by atoms with E-state index in [9.17, 15) is 0 Å². The van der Waals surface area contributed by atoms with Gasteiger partial charge in [-0.15, -0.1) is 0 Å². The maximum Gasteiger partial charge on any atom is 0.0233 e. The lowest BCUT2D eigenvalue weighted by molar-refractivity contribution is 0.163. The Kier molecular flexibility index (Phi) is 4.37. The minimum absolute atomic E-state index is 0.822. The van der Waals surface area contributed by atoms with Crippen LogP contribution in [-0.4, -0.2) is 24.5 Å². The normalized spacial score (nSPS) is 22.2. The molecule has 0 unspecified atom stereocenters. The molecule has 1 atom stereocenters. The van der Waals surface area contributed by atoms with Gasteiger partial charge in [0.05, 0.1) is 0 Å². The zero-order valence-electron chi connectivity index (χ0n) is 9.94. The highest BCUT2D eigenvalue weighted by Crippen LogP contribution is 2.20. The lowest BCUT2D eigenvalue weighted by Gasteiger charge is -2.32. The van der Waals surface area contributed by atoms with E-state index in [1.54, 1.807) is 0 Å². The molecular weight excluding hydrogens is 196 g/mol. The van der Waals surface area contributed by atoms with Gasteiger partial charge in [0.2, 0.25) is 0 Å². The fourth-order valence-electron chi connectivity index (χ4n) is 2.61. The number of rotatable bonds is 4. The Morgan fingerprint density at radius 1 is 1.25 bits per heavy atom. The molecular formula is C14H22N2. The van der Waals surface area contributed by atoms with Crippen LogP contribution in [0.1, 0.15) is 24.8 Å². The highest BCUT2D eigenvalue weighted by atomic mass is 15.1. The topological polar surface area (TPSA) is 29.3 Å². The molecule has 0 spiro atoms. The molecule has 0 aromatic heterocycles. The third-order valence-electron chi connectivity index (χ3n) is 3.43. The van der Waals surface area contributed by atoms with E-state index in [-0.39, 0.29) is 0 Å². The standard InChI is InChI=1S/C14H22N2/c15-9-8-14-7-4-10-16(12-14)11-13-5-2-1-3-6-13/h1-3,5-6,14H,4,7-12,15H2/t14-/m0/s1. The Bertz CT molecular complexity index is 295. The molecule has 2 N–H and O–H groups in total. The number of hydrogen-bond donors (Lipinski definition) is 1. The van der Waals surface area contributed by atoms with Crippen molar-refractivity contribution in [2.45, 2.75) is 25.8 Å². The second-order valence-corrected chi connectivity index (χ2v) is 4.81. The number of nitrogens with two attached hydrogens (primary N) is 1. The van der Waals surface area contributed by atoms with Crippen molar-refractivity contribution in [2.75, 3.05) is 19.6 Å². The van der Waals surface area contributed by atoms with E-state index in [4.69, 9.17) is 5.73 Å². The molecule has 0 aliphatic carbocycles. The molecule has 1 saturated heterocycles. The summed E-state index contributed by atoms with van der Waals surface area (Å²) in [6.07, 6.45) is 3.88. The van der Waals surface area contributed by atoms with Gasteiger partial charge in [0.1, 0.15) is 0 Å². The first-order valence-electron chi connectivity index (χ1n) is 6.35. The van der Waals surface area contributed by atoms with Gasteiger partial charge >= 0.3 is 0 Å². The second-order valence-electron chi connectivity index (χ2n) is 4.81. The van der Waals surface area contributed by atoms with Crippen LogP contribution in [0, 0.1) is 5.92 Å². The van der Waals surface area contributed by atoms with Gasteiger partial charge in [-0.2, -0.15) is 0 Å². The van der Waals surface area contributed by atoms with Crippen LogP contribution in [0.5, 0.6) is 0 Å². The zero-order chi connectivity index (χ0) is 11.2. The van der Waals surface area contributed by atoms with Crippen molar-refractivity contribution in [3.05, 3.63) is 35.9 Å². The number of nitrogens with zero attached hydrogens (tertiary/aromatic N) is 1. The van der Waals surface area contributed by atoms with Crippen LogP contribution in [0.3, 0.4) is 0 Å². The van der Waals surface area contributed by atoms with Crippen molar-refractivity contribution in [3.8, 4) is 0 Å². The monoisotopic (exact) mass is 218 g/mol. The van der Waals surface area contributed by atoms with Crippen LogP contribution in [0.25, 0.3) is 0 Å². The molecule has 1 heterocycles. The summed E-state index contributed by atoms with van der Waals surface area (Å²) in [6, 6.07) is 10.8. The van der Waals surface area contributed by atoms with Crippen LogP contribution in [0.15, 0.2) is 30.3 Å². The largest absolute Gasteiger partial charge is 0.330 e. The summed E-state index contributed by atoms with van der Waals surface area (Å²) < 4.78 is 0. The zero-order valence-corrected chi connectivity index (χ0v) is 9.94. The summed E-state index contributed by atoms with van der Waals surface area (Å²) in [5.41, 5.74) is 7.07. The molecule has 2 rings (SSSR count). The summed E-state index contributed by atoms with van der Waals surface area (Å²) in [4.78, 5) is 2.57. The van der Waals surface area contributed by atoms with Crippen molar-refractivity contribution in [1.82, 2.24) is 4.90 Å². The van der Waals surface area contributed by atoms with Crippen molar-refractivity contribution in [3.63, 3.8) is 0 Å². The molecule has 1 fully saturated rings. The van der Waals surface area contributed by atoms with Gasteiger partial charge in [-0.05, 0) is 43.8 Å². The van der Waals surface area contributed by atoms with Crippen LogP contribution in [0.4, 0.5) is 0 Å². The number of hydrogen-bond acceptors (Lipinski definition) is 2. The van der Waals surface area contributed by atoms with Crippen molar-refractivity contribution >= 4 is 0 Å². The molecule has 2 nitrogen and oxygen atoms in total. The van der Waals surface area contributed by atoms with E-state index in [0.29, 0.717) is 0 Å². The minimum Gasteiger partial charge on any atom is -0.330 e. The number of likely N-dealkylation sites (tertiary alicyclic amines) is 1. The Morgan fingerprint density at radius 3 is 2.81 bits per heavy atom. The molecule has 1 aromatic rings. The summed E-state index contributed by atoms with van der Waals surface area (Å²) in [5, 5.41) is 0. The Balaban J connectivity index is 1.85. The molecule has 1 aliphatic heterocycles. The lowest BCUT2D eigenvalue weighted by atomic mass is 9.94. The highest BCUT2D eigenvalue weighted by Gasteiger charge is 2.18. The van der Waals surface area contributed by atoms with Gasteiger partial charge in [-0.25, -0.2) is 0 Å². The van der Waals surface area contributed by atoms with Crippen molar-refractivity contribution in [2.24, 2.45) is 11.7 Å². The smallest absolute Gasteiger partial charge is 0.0233 e. The molecule has 1 aromatic carbocycles. The van der Waals surface area contributed by atoms with Gasteiger partial charge in [-0.1, -0.05) is 30.3 Å². The minimum atomic E-state index is 0.822. The number of piperidine rings is 1. The van der Waals surface area contributed by atoms with Gasteiger partial charge in [-0.3, -0.25) is 4.90 Å². The molecule has 0 bridgehead atoms. The number of benzene rings is 1. The average Bonchev–Trinajstić information content (AvgIpc) is 2.31. The molecule has 0 saturated carbocycles. The quantitative estimate of drug-likeness (QED) is 0.840. The fourth-order valence-corrected chi connectivity index (χ4v) is 2.61. The summed E-state index contributed by atoms with van der Waals surface area (Å²) in [7, 11) is 0. The van der Waals surface area contributed by atoms with E-state index < -0.39 is 0 Å². The second kappa shape index (κ2) is 6.02. The van der Waals surface area contributed by atoms with Crippen LogP contribution < -0.4 is 5.73 Å². The van der Waals surface area contributed by atoms with Crippen LogP contribution in [0.2, 0.25) is 0 Å². The van der Waals surface area contributed by atoms with E-state index in [1.165, 1.54) is 37.9 Å². The summed E-state index contributed by atoms with van der Waals surface area (Å²) in [5.74, 6) is 0.822. The Morgan fingerprint density at radius 2 is 2.06 bits per heavy atom. The highest BCUT2D eigenvalue weighted by molar-refractivity contribution is 5.14. The lowest BCUT2D eigenvalue weighted by Crippen LogP contribution is -2.35. The predicted octanol–water partition coefficient (Wildman–Crippen LogP) is 2.25. The van der Waals surface area contributed by atoms with Gasteiger partial charge in [0.15, 0.2) is 0 Å².